The molecule has 2 heterocycles. The zero-order chi connectivity index (χ0) is 15.7. The average Bonchev–Trinajstić information content (AvgIpc) is 3.01. The lowest BCUT2D eigenvalue weighted by atomic mass is 10.1. The number of carbonyl (C=O) groups excluding carboxylic acids is 1. The van der Waals surface area contributed by atoms with Gasteiger partial charge in [-0.05, 0) is 76.9 Å². The number of aryl methyl sites for hydroxylation is 2. The summed E-state index contributed by atoms with van der Waals surface area (Å²) in [6.45, 7) is 4.10. The molecule has 0 unspecified atom stereocenters. The summed E-state index contributed by atoms with van der Waals surface area (Å²) in [6.07, 6.45) is 1.70. The first kappa shape index (κ1) is 15.1. The van der Waals surface area contributed by atoms with Gasteiger partial charge in [-0.15, -0.1) is 0 Å². The topological polar surface area (TPSA) is 54.6 Å². The molecule has 1 aliphatic heterocycles. The van der Waals surface area contributed by atoms with Gasteiger partial charge in [0.2, 0.25) is 0 Å². The molecule has 1 amide bonds. The standard InChI is InChI=1S/C16H13BrN2O2S/c1-9-3-4-11(7-10(9)2)18-16-19-15(20)13(22-16)8-12-5-6-14(17)21-12/h3-8H,1-2H3,(H,18,19,20)/b13-8+. The predicted molar refractivity (Wildman–Crippen MR) is 93.1 cm³/mol. The molecule has 22 heavy (non-hydrogen) atoms. The van der Waals surface area contributed by atoms with Gasteiger partial charge in [0.1, 0.15) is 5.76 Å². The molecule has 0 spiro atoms. The minimum atomic E-state index is -0.167. The van der Waals surface area contributed by atoms with E-state index in [0.29, 0.717) is 20.5 Å². The lowest BCUT2D eigenvalue weighted by Crippen LogP contribution is -2.19. The Bertz CT molecular complexity index is 808. The van der Waals surface area contributed by atoms with E-state index in [4.69, 9.17) is 4.42 Å². The fourth-order valence-electron chi connectivity index (χ4n) is 1.93. The number of amides is 1. The smallest absolute Gasteiger partial charge is 0.264 e. The summed E-state index contributed by atoms with van der Waals surface area (Å²) >= 11 is 4.54. The molecule has 0 saturated carbocycles. The molecule has 2 aromatic rings. The van der Waals surface area contributed by atoms with Crippen molar-refractivity contribution in [1.29, 1.82) is 0 Å². The molecular weight excluding hydrogens is 364 g/mol. The molecule has 1 saturated heterocycles. The number of hydrogen-bond donors (Lipinski definition) is 1. The maximum Gasteiger partial charge on any atom is 0.264 e. The summed E-state index contributed by atoms with van der Waals surface area (Å²) in [5.41, 5.74) is 3.22. The number of benzene rings is 1. The minimum Gasteiger partial charge on any atom is -0.450 e. The van der Waals surface area contributed by atoms with Gasteiger partial charge in [0.25, 0.3) is 5.91 Å². The number of carbonyl (C=O) groups is 1. The van der Waals surface area contributed by atoms with Crippen molar-refractivity contribution in [2.45, 2.75) is 13.8 Å². The van der Waals surface area contributed by atoms with E-state index in [0.717, 1.165) is 5.69 Å². The molecular formula is C16H13BrN2O2S. The van der Waals surface area contributed by atoms with Gasteiger partial charge in [-0.2, -0.15) is 0 Å². The van der Waals surface area contributed by atoms with Crippen LogP contribution in [-0.2, 0) is 4.79 Å². The fourth-order valence-corrected chi connectivity index (χ4v) is 3.07. The van der Waals surface area contributed by atoms with Gasteiger partial charge in [-0.1, -0.05) is 6.07 Å². The van der Waals surface area contributed by atoms with Crippen LogP contribution in [0.25, 0.3) is 6.08 Å². The van der Waals surface area contributed by atoms with E-state index in [-0.39, 0.29) is 5.91 Å². The molecule has 0 radical (unpaired) electrons. The highest BCUT2D eigenvalue weighted by molar-refractivity contribution is 9.10. The van der Waals surface area contributed by atoms with Crippen LogP contribution in [0.2, 0.25) is 0 Å². The molecule has 0 atom stereocenters. The van der Waals surface area contributed by atoms with Crippen molar-refractivity contribution in [3.8, 4) is 0 Å². The molecule has 1 N–H and O–H groups in total. The second-order valence-corrected chi connectivity index (χ2v) is 6.70. The largest absolute Gasteiger partial charge is 0.450 e. The Kier molecular flexibility index (Phi) is 4.22. The molecule has 0 bridgehead atoms. The number of amidine groups is 1. The average molecular weight is 377 g/mol. The maximum atomic E-state index is 12.0. The molecule has 4 nitrogen and oxygen atoms in total. The number of rotatable bonds is 2. The van der Waals surface area contributed by atoms with Crippen LogP contribution in [0, 0.1) is 13.8 Å². The number of halogens is 1. The van der Waals surface area contributed by atoms with E-state index in [2.05, 4.69) is 33.2 Å². The van der Waals surface area contributed by atoms with E-state index >= 15 is 0 Å². The van der Waals surface area contributed by atoms with Gasteiger partial charge in [0.05, 0.1) is 10.6 Å². The van der Waals surface area contributed by atoms with Crippen LogP contribution in [0.3, 0.4) is 0 Å². The van der Waals surface area contributed by atoms with Gasteiger partial charge >= 0.3 is 0 Å². The molecule has 0 aliphatic carbocycles. The van der Waals surface area contributed by atoms with Crippen molar-refractivity contribution in [3.63, 3.8) is 0 Å². The Balaban J connectivity index is 1.83. The Hall–Kier alpha value is -1.79. The lowest BCUT2D eigenvalue weighted by Gasteiger charge is -2.01. The van der Waals surface area contributed by atoms with Crippen LogP contribution in [0.1, 0.15) is 16.9 Å². The number of thioether (sulfide) groups is 1. The molecule has 1 aliphatic rings. The van der Waals surface area contributed by atoms with Gasteiger partial charge in [0.15, 0.2) is 9.84 Å². The van der Waals surface area contributed by atoms with Crippen molar-refractivity contribution < 1.29 is 9.21 Å². The monoisotopic (exact) mass is 376 g/mol. The Morgan fingerprint density at radius 3 is 2.73 bits per heavy atom. The van der Waals surface area contributed by atoms with Gasteiger partial charge in [-0.3, -0.25) is 4.79 Å². The number of nitrogens with one attached hydrogen (secondary N) is 1. The van der Waals surface area contributed by atoms with Crippen LogP contribution >= 0.6 is 27.7 Å². The summed E-state index contributed by atoms with van der Waals surface area (Å²) in [7, 11) is 0. The third kappa shape index (κ3) is 3.34. The number of furan rings is 1. The van der Waals surface area contributed by atoms with E-state index < -0.39 is 0 Å². The fraction of sp³-hybridized carbons (Fsp3) is 0.125. The predicted octanol–water partition coefficient (Wildman–Crippen LogP) is 4.55. The van der Waals surface area contributed by atoms with E-state index in [9.17, 15) is 4.79 Å². The van der Waals surface area contributed by atoms with Gasteiger partial charge in [-0.25, -0.2) is 4.99 Å². The number of nitrogens with zero attached hydrogens (tertiary/aromatic N) is 1. The summed E-state index contributed by atoms with van der Waals surface area (Å²) < 4.78 is 6.01. The van der Waals surface area contributed by atoms with Crippen LogP contribution < -0.4 is 5.32 Å². The number of hydrogen-bond acceptors (Lipinski definition) is 4. The Morgan fingerprint density at radius 1 is 1.23 bits per heavy atom. The van der Waals surface area contributed by atoms with Crippen molar-refractivity contribution >= 4 is 50.5 Å². The summed E-state index contributed by atoms with van der Waals surface area (Å²) in [6, 6.07) is 9.54. The zero-order valence-corrected chi connectivity index (χ0v) is 14.4. The highest BCUT2D eigenvalue weighted by atomic mass is 79.9. The SMILES string of the molecule is Cc1ccc(N=C2NC(=O)/C(=C\c3ccc(Br)o3)S2)cc1C. The van der Waals surface area contributed by atoms with Crippen LogP contribution in [0.5, 0.6) is 0 Å². The first-order chi connectivity index (χ1) is 10.5. The van der Waals surface area contributed by atoms with Crippen LogP contribution in [0.15, 0.2) is 49.3 Å². The molecule has 1 aromatic heterocycles. The van der Waals surface area contributed by atoms with Crippen molar-refractivity contribution in [2.24, 2.45) is 4.99 Å². The van der Waals surface area contributed by atoms with Crippen LogP contribution in [-0.4, -0.2) is 11.1 Å². The number of aliphatic imine (C=N–C) groups is 1. The van der Waals surface area contributed by atoms with E-state index in [1.165, 1.54) is 22.9 Å². The van der Waals surface area contributed by atoms with Crippen molar-refractivity contribution in [3.05, 3.63) is 56.8 Å². The van der Waals surface area contributed by atoms with Crippen LogP contribution in [0.4, 0.5) is 5.69 Å². The van der Waals surface area contributed by atoms with Crippen molar-refractivity contribution in [1.82, 2.24) is 5.32 Å². The molecule has 1 aromatic carbocycles. The minimum absolute atomic E-state index is 0.167. The summed E-state index contributed by atoms with van der Waals surface area (Å²) in [5, 5.41) is 3.34. The molecule has 1 fully saturated rings. The van der Waals surface area contributed by atoms with E-state index in [1.54, 1.807) is 18.2 Å². The Morgan fingerprint density at radius 2 is 2.05 bits per heavy atom. The van der Waals surface area contributed by atoms with Crippen molar-refractivity contribution in [2.75, 3.05) is 0 Å². The highest BCUT2D eigenvalue weighted by Gasteiger charge is 2.24. The first-order valence-corrected chi connectivity index (χ1v) is 8.24. The maximum absolute atomic E-state index is 12.0. The second kappa shape index (κ2) is 6.14. The first-order valence-electron chi connectivity index (χ1n) is 6.63. The lowest BCUT2D eigenvalue weighted by molar-refractivity contribution is -0.115. The summed E-state index contributed by atoms with van der Waals surface area (Å²) in [4.78, 5) is 17.0. The molecule has 112 valence electrons. The molecule has 6 heteroatoms. The third-order valence-electron chi connectivity index (χ3n) is 3.24. The third-order valence-corrected chi connectivity index (χ3v) is 4.58. The zero-order valence-electron chi connectivity index (χ0n) is 12.0. The molecule has 3 rings (SSSR count). The van der Waals surface area contributed by atoms with Gasteiger partial charge in [0, 0.05) is 6.08 Å². The quantitative estimate of drug-likeness (QED) is 0.782. The normalized spacial score (nSPS) is 18.2. The summed E-state index contributed by atoms with van der Waals surface area (Å²) in [5.74, 6) is 0.456. The second-order valence-electron chi connectivity index (χ2n) is 4.89. The Labute approximate surface area is 140 Å². The highest BCUT2D eigenvalue weighted by Crippen LogP contribution is 2.29. The van der Waals surface area contributed by atoms with E-state index in [1.807, 2.05) is 25.1 Å². The van der Waals surface area contributed by atoms with Gasteiger partial charge < -0.3 is 9.73 Å².